The largest absolute Gasteiger partial charge is 0.490 e. The first-order valence-electron chi connectivity index (χ1n) is 9.56. The van der Waals surface area contributed by atoms with Gasteiger partial charge in [-0.05, 0) is 56.6 Å². The van der Waals surface area contributed by atoms with Crippen molar-refractivity contribution in [2.75, 3.05) is 25.5 Å². The van der Waals surface area contributed by atoms with Gasteiger partial charge in [0, 0.05) is 32.0 Å². The van der Waals surface area contributed by atoms with Crippen molar-refractivity contribution in [1.29, 1.82) is 0 Å². The van der Waals surface area contributed by atoms with Crippen LogP contribution in [0.1, 0.15) is 37.9 Å². The highest BCUT2D eigenvalue weighted by Gasteiger charge is 2.18. The first-order valence-corrected chi connectivity index (χ1v) is 9.56. The second-order valence-corrected chi connectivity index (χ2v) is 7.08. The summed E-state index contributed by atoms with van der Waals surface area (Å²) in [6.07, 6.45) is 4.89. The Morgan fingerprint density at radius 3 is 2.52 bits per heavy atom. The predicted molar refractivity (Wildman–Crippen MR) is 106 cm³/mol. The summed E-state index contributed by atoms with van der Waals surface area (Å²) in [5.41, 5.74) is 1.72. The summed E-state index contributed by atoms with van der Waals surface area (Å²) in [4.78, 5) is 14.7. The van der Waals surface area contributed by atoms with Crippen molar-refractivity contribution in [3.8, 4) is 5.75 Å². The minimum atomic E-state index is -0.230. The average Bonchev–Trinajstić information content (AvgIpc) is 3.09. The SMILES string of the molecule is CC[C@@H](NC(=O)Nc1ccc(OC2CCN(C)CC2)cc1)c1ccnn1C. The van der Waals surface area contributed by atoms with E-state index in [1.165, 1.54) is 0 Å². The second-order valence-electron chi connectivity index (χ2n) is 7.08. The number of aromatic nitrogens is 2. The van der Waals surface area contributed by atoms with Gasteiger partial charge in [0.05, 0.1) is 11.7 Å². The van der Waals surface area contributed by atoms with Crippen LogP contribution in [0.4, 0.5) is 10.5 Å². The number of nitrogens with one attached hydrogen (secondary N) is 2. The molecule has 1 aliphatic rings. The molecule has 2 amide bonds. The number of likely N-dealkylation sites (tertiary alicyclic amines) is 1. The molecule has 7 heteroatoms. The van der Waals surface area contributed by atoms with Gasteiger partial charge >= 0.3 is 6.03 Å². The van der Waals surface area contributed by atoms with Crippen LogP contribution in [0.3, 0.4) is 0 Å². The Kier molecular flexibility index (Phi) is 6.34. The van der Waals surface area contributed by atoms with Gasteiger partial charge in [-0.25, -0.2) is 4.79 Å². The van der Waals surface area contributed by atoms with Crippen molar-refractivity contribution in [2.45, 2.75) is 38.3 Å². The van der Waals surface area contributed by atoms with E-state index in [4.69, 9.17) is 4.74 Å². The molecular weight excluding hydrogens is 342 g/mol. The fourth-order valence-electron chi connectivity index (χ4n) is 3.35. The Hall–Kier alpha value is -2.54. The average molecular weight is 371 g/mol. The Morgan fingerprint density at radius 1 is 1.22 bits per heavy atom. The predicted octanol–water partition coefficient (Wildman–Crippen LogP) is 3.17. The summed E-state index contributed by atoms with van der Waals surface area (Å²) >= 11 is 0. The van der Waals surface area contributed by atoms with Crippen LogP contribution in [-0.2, 0) is 7.05 Å². The van der Waals surface area contributed by atoms with Crippen LogP contribution >= 0.6 is 0 Å². The number of urea groups is 1. The smallest absolute Gasteiger partial charge is 0.319 e. The third kappa shape index (κ3) is 5.23. The lowest BCUT2D eigenvalue weighted by Gasteiger charge is -2.29. The molecule has 1 saturated heterocycles. The molecule has 0 unspecified atom stereocenters. The number of ether oxygens (including phenoxy) is 1. The third-order valence-electron chi connectivity index (χ3n) is 5.01. The Labute approximate surface area is 160 Å². The maximum Gasteiger partial charge on any atom is 0.319 e. The fourth-order valence-corrected chi connectivity index (χ4v) is 3.35. The van der Waals surface area contributed by atoms with Crippen LogP contribution in [0.25, 0.3) is 0 Å². The van der Waals surface area contributed by atoms with E-state index in [0.717, 1.165) is 49.5 Å². The maximum atomic E-state index is 12.3. The molecule has 0 saturated carbocycles. The number of amides is 2. The molecule has 1 aliphatic heterocycles. The molecule has 0 aliphatic carbocycles. The Balaban J connectivity index is 1.51. The van der Waals surface area contributed by atoms with Gasteiger partial charge in [-0.3, -0.25) is 4.68 Å². The molecule has 27 heavy (non-hydrogen) atoms. The number of carbonyl (C=O) groups excluding carboxylic acids is 1. The molecule has 2 heterocycles. The van der Waals surface area contributed by atoms with Gasteiger partial charge in [-0.1, -0.05) is 6.92 Å². The fraction of sp³-hybridized carbons (Fsp3) is 0.500. The van der Waals surface area contributed by atoms with E-state index in [-0.39, 0.29) is 18.2 Å². The van der Waals surface area contributed by atoms with Gasteiger partial charge in [0.15, 0.2) is 0 Å². The normalized spacial score (nSPS) is 16.7. The molecule has 2 aromatic rings. The number of piperidine rings is 1. The zero-order valence-electron chi connectivity index (χ0n) is 16.3. The van der Waals surface area contributed by atoms with Crippen LogP contribution in [0.2, 0.25) is 0 Å². The molecule has 0 bridgehead atoms. The molecule has 1 atom stereocenters. The van der Waals surface area contributed by atoms with Crippen LogP contribution in [0.5, 0.6) is 5.75 Å². The van der Waals surface area contributed by atoms with Crippen LogP contribution in [-0.4, -0.2) is 47.0 Å². The molecule has 7 nitrogen and oxygen atoms in total. The van der Waals surface area contributed by atoms with Crippen LogP contribution in [0, 0.1) is 0 Å². The monoisotopic (exact) mass is 371 g/mol. The van der Waals surface area contributed by atoms with Crippen molar-refractivity contribution in [3.05, 3.63) is 42.2 Å². The molecule has 0 spiro atoms. The van der Waals surface area contributed by atoms with Gasteiger partial charge in [-0.15, -0.1) is 0 Å². The zero-order valence-corrected chi connectivity index (χ0v) is 16.3. The number of nitrogens with zero attached hydrogens (tertiary/aromatic N) is 3. The lowest BCUT2D eigenvalue weighted by atomic mass is 10.1. The van der Waals surface area contributed by atoms with E-state index in [0.29, 0.717) is 0 Å². The van der Waals surface area contributed by atoms with Crippen LogP contribution < -0.4 is 15.4 Å². The van der Waals surface area contributed by atoms with Crippen molar-refractivity contribution in [3.63, 3.8) is 0 Å². The van der Waals surface area contributed by atoms with E-state index in [1.807, 2.05) is 44.3 Å². The van der Waals surface area contributed by atoms with Gasteiger partial charge in [0.25, 0.3) is 0 Å². The second kappa shape index (κ2) is 8.90. The standard InChI is InChI=1S/C20H29N5O2/c1-4-18(19-9-12-21-25(19)3)23-20(26)22-15-5-7-16(8-6-15)27-17-10-13-24(2)14-11-17/h5-9,12,17-18H,4,10-11,13-14H2,1-3H3,(H2,22,23,26)/t18-/m1/s1. The quantitative estimate of drug-likeness (QED) is 0.818. The van der Waals surface area contributed by atoms with Crippen molar-refractivity contribution >= 4 is 11.7 Å². The minimum Gasteiger partial charge on any atom is -0.490 e. The van der Waals surface area contributed by atoms with Crippen molar-refractivity contribution in [2.24, 2.45) is 7.05 Å². The highest BCUT2D eigenvalue weighted by atomic mass is 16.5. The van der Waals surface area contributed by atoms with Crippen molar-refractivity contribution in [1.82, 2.24) is 20.0 Å². The highest BCUT2D eigenvalue weighted by molar-refractivity contribution is 5.89. The summed E-state index contributed by atoms with van der Waals surface area (Å²) in [5, 5.41) is 10.0. The molecule has 1 fully saturated rings. The summed E-state index contributed by atoms with van der Waals surface area (Å²) in [5.74, 6) is 0.844. The Bertz CT molecular complexity index is 735. The molecule has 146 valence electrons. The summed E-state index contributed by atoms with van der Waals surface area (Å²) < 4.78 is 7.82. The summed E-state index contributed by atoms with van der Waals surface area (Å²) in [6.45, 7) is 4.17. The molecule has 1 aromatic carbocycles. The lowest BCUT2D eigenvalue weighted by molar-refractivity contribution is 0.114. The number of anilines is 1. The Morgan fingerprint density at radius 2 is 1.93 bits per heavy atom. The highest BCUT2D eigenvalue weighted by Crippen LogP contribution is 2.21. The number of hydrogen-bond donors (Lipinski definition) is 2. The first kappa shape index (κ1) is 19.2. The number of benzene rings is 1. The molecular formula is C20H29N5O2. The van der Waals surface area contributed by atoms with Gasteiger partial charge in [-0.2, -0.15) is 5.10 Å². The van der Waals surface area contributed by atoms with Gasteiger partial charge in [0.2, 0.25) is 0 Å². The zero-order chi connectivity index (χ0) is 19.2. The van der Waals surface area contributed by atoms with Crippen molar-refractivity contribution < 1.29 is 9.53 Å². The number of rotatable bonds is 6. The van der Waals surface area contributed by atoms with Gasteiger partial charge in [0.1, 0.15) is 11.9 Å². The van der Waals surface area contributed by atoms with E-state index >= 15 is 0 Å². The van der Waals surface area contributed by atoms with Crippen LogP contribution in [0.15, 0.2) is 36.5 Å². The number of aryl methyl sites for hydroxylation is 1. The van der Waals surface area contributed by atoms with E-state index in [2.05, 4.69) is 27.7 Å². The molecule has 3 rings (SSSR count). The first-order chi connectivity index (χ1) is 13.0. The van der Waals surface area contributed by atoms with E-state index in [1.54, 1.807) is 10.9 Å². The summed E-state index contributed by atoms with van der Waals surface area (Å²) in [6, 6.07) is 9.17. The molecule has 0 radical (unpaired) electrons. The molecule has 1 aromatic heterocycles. The van der Waals surface area contributed by atoms with E-state index in [9.17, 15) is 4.79 Å². The third-order valence-corrected chi connectivity index (χ3v) is 5.01. The number of carbonyl (C=O) groups is 1. The maximum absolute atomic E-state index is 12.3. The molecule has 2 N–H and O–H groups in total. The minimum absolute atomic E-state index is 0.0791. The number of hydrogen-bond acceptors (Lipinski definition) is 4. The summed E-state index contributed by atoms with van der Waals surface area (Å²) in [7, 11) is 4.01. The van der Waals surface area contributed by atoms with Gasteiger partial charge < -0.3 is 20.3 Å². The van der Waals surface area contributed by atoms with E-state index < -0.39 is 0 Å². The topological polar surface area (TPSA) is 71.4 Å². The lowest BCUT2D eigenvalue weighted by Crippen LogP contribution is -2.35.